The summed E-state index contributed by atoms with van der Waals surface area (Å²) in [6.07, 6.45) is 2.73. The molecule has 20 heavy (non-hydrogen) atoms. The molecule has 0 bridgehead atoms. The van der Waals surface area contributed by atoms with Crippen molar-refractivity contribution in [1.82, 2.24) is 0 Å². The molecule has 0 amide bonds. The maximum Gasteiger partial charge on any atom is 0.335 e. The first-order chi connectivity index (χ1) is 9.67. The number of carbonyl (C=O) groups is 1. The second-order valence-corrected chi connectivity index (χ2v) is 4.94. The maximum absolute atomic E-state index is 11.4. The van der Waals surface area contributed by atoms with Crippen LogP contribution in [0.5, 0.6) is 0 Å². The van der Waals surface area contributed by atoms with E-state index in [9.17, 15) is 9.90 Å². The van der Waals surface area contributed by atoms with Crippen molar-refractivity contribution in [2.75, 3.05) is 0 Å². The van der Waals surface area contributed by atoms with E-state index in [0.717, 1.165) is 36.0 Å². The van der Waals surface area contributed by atoms with E-state index < -0.39 is 5.97 Å². The Balaban J connectivity index is 2.53. The molecule has 2 heteroatoms. The largest absolute Gasteiger partial charge is 0.478 e. The van der Waals surface area contributed by atoms with Crippen LogP contribution in [-0.4, -0.2) is 11.1 Å². The monoisotopic (exact) mass is 268 g/mol. The van der Waals surface area contributed by atoms with Crippen LogP contribution in [0.4, 0.5) is 0 Å². The van der Waals surface area contributed by atoms with Crippen LogP contribution in [0, 0.1) is 0 Å². The molecule has 0 aliphatic rings. The van der Waals surface area contributed by atoms with Crippen molar-refractivity contribution in [3.8, 4) is 11.1 Å². The van der Waals surface area contributed by atoms with Gasteiger partial charge in [0.2, 0.25) is 0 Å². The lowest BCUT2D eigenvalue weighted by Crippen LogP contribution is -2.04. The summed E-state index contributed by atoms with van der Waals surface area (Å²) in [4.78, 5) is 11.4. The number of rotatable bonds is 5. The number of hydrogen-bond donors (Lipinski definition) is 1. The summed E-state index contributed by atoms with van der Waals surface area (Å²) in [7, 11) is 0. The lowest BCUT2D eigenvalue weighted by Gasteiger charge is -2.12. The van der Waals surface area contributed by atoms with Crippen LogP contribution in [0.25, 0.3) is 11.1 Å². The number of aromatic carboxylic acids is 1. The molecule has 2 aromatic carbocycles. The lowest BCUT2D eigenvalue weighted by molar-refractivity contribution is 0.0695. The molecule has 0 radical (unpaired) electrons. The maximum atomic E-state index is 11.4. The highest BCUT2D eigenvalue weighted by Crippen LogP contribution is 2.28. The Kier molecular flexibility index (Phi) is 4.57. The van der Waals surface area contributed by atoms with Crippen LogP contribution >= 0.6 is 0 Å². The van der Waals surface area contributed by atoms with E-state index in [1.165, 1.54) is 5.56 Å². The molecule has 2 aromatic rings. The molecule has 0 spiro atoms. The normalized spacial score (nSPS) is 10.5. The van der Waals surface area contributed by atoms with E-state index in [0.29, 0.717) is 5.56 Å². The molecule has 0 heterocycles. The van der Waals surface area contributed by atoms with Crippen molar-refractivity contribution in [1.29, 1.82) is 0 Å². The molecule has 0 aliphatic heterocycles. The fourth-order valence-corrected chi connectivity index (χ4v) is 2.50. The van der Waals surface area contributed by atoms with Crippen molar-refractivity contribution in [2.45, 2.75) is 33.1 Å². The van der Waals surface area contributed by atoms with Gasteiger partial charge < -0.3 is 5.11 Å². The highest BCUT2D eigenvalue weighted by Gasteiger charge is 2.14. The van der Waals surface area contributed by atoms with E-state index in [2.05, 4.69) is 38.1 Å². The molecule has 0 atom stereocenters. The first-order valence-corrected chi connectivity index (χ1v) is 7.11. The van der Waals surface area contributed by atoms with Crippen molar-refractivity contribution in [3.63, 3.8) is 0 Å². The molecule has 0 aromatic heterocycles. The van der Waals surface area contributed by atoms with Gasteiger partial charge in [-0.1, -0.05) is 56.7 Å². The number of hydrogen-bond acceptors (Lipinski definition) is 1. The molecule has 0 saturated carbocycles. The third kappa shape index (κ3) is 2.90. The zero-order valence-electron chi connectivity index (χ0n) is 12.0. The van der Waals surface area contributed by atoms with Gasteiger partial charge in [0.25, 0.3) is 0 Å². The molecule has 0 unspecified atom stereocenters. The number of carboxylic acid groups (broad SMARTS) is 1. The van der Waals surface area contributed by atoms with Gasteiger partial charge in [0.15, 0.2) is 0 Å². The SMILES string of the molecule is CCCc1c(C(=O)O)cccc1-c1ccc(CC)cc1. The quantitative estimate of drug-likeness (QED) is 0.862. The van der Waals surface area contributed by atoms with E-state index in [-0.39, 0.29) is 0 Å². The number of benzene rings is 2. The summed E-state index contributed by atoms with van der Waals surface area (Å²) in [5, 5.41) is 9.35. The highest BCUT2D eigenvalue weighted by atomic mass is 16.4. The third-order valence-electron chi connectivity index (χ3n) is 3.58. The van der Waals surface area contributed by atoms with E-state index in [1.54, 1.807) is 6.07 Å². The number of carboxylic acids is 1. The van der Waals surface area contributed by atoms with Gasteiger partial charge in [0, 0.05) is 0 Å². The van der Waals surface area contributed by atoms with Gasteiger partial charge in [-0.05, 0) is 41.2 Å². The van der Waals surface area contributed by atoms with Crippen molar-refractivity contribution in [2.24, 2.45) is 0 Å². The Morgan fingerprint density at radius 2 is 1.75 bits per heavy atom. The van der Waals surface area contributed by atoms with Crippen LogP contribution in [-0.2, 0) is 12.8 Å². The minimum atomic E-state index is -0.847. The predicted octanol–water partition coefficient (Wildman–Crippen LogP) is 4.57. The van der Waals surface area contributed by atoms with E-state index in [1.807, 2.05) is 12.1 Å². The second-order valence-electron chi connectivity index (χ2n) is 4.94. The lowest BCUT2D eigenvalue weighted by atomic mass is 9.92. The summed E-state index contributed by atoms with van der Waals surface area (Å²) in [6, 6.07) is 13.9. The average Bonchev–Trinajstić information content (AvgIpc) is 2.47. The molecule has 0 saturated heterocycles. The first kappa shape index (κ1) is 14.3. The summed E-state index contributed by atoms with van der Waals surface area (Å²) in [5.74, 6) is -0.847. The third-order valence-corrected chi connectivity index (χ3v) is 3.58. The Hall–Kier alpha value is -2.09. The summed E-state index contributed by atoms with van der Waals surface area (Å²) in [6.45, 7) is 4.20. The smallest absolute Gasteiger partial charge is 0.335 e. The first-order valence-electron chi connectivity index (χ1n) is 7.11. The van der Waals surface area contributed by atoms with Crippen LogP contribution in [0.1, 0.15) is 41.8 Å². The minimum Gasteiger partial charge on any atom is -0.478 e. The summed E-state index contributed by atoms with van der Waals surface area (Å²) in [5.41, 5.74) is 4.78. The molecular weight excluding hydrogens is 248 g/mol. The van der Waals surface area contributed by atoms with Gasteiger partial charge >= 0.3 is 5.97 Å². The van der Waals surface area contributed by atoms with Crippen molar-refractivity contribution < 1.29 is 9.90 Å². The van der Waals surface area contributed by atoms with Crippen LogP contribution in [0.15, 0.2) is 42.5 Å². The zero-order valence-corrected chi connectivity index (χ0v) is 12.0. The van der Waals surface area contributed by atoms with Gasteiger partial charge in [0.1, 0.15) is 0 Å². The van der Waals surface area contributed by atoms with E-state index >= 15 is 0 Å². The van der Waals surface area contributed by atoms with Gasteiger partial charge in [0.05, 0.1) is 5.56 Å². The highest BCUT2D eigenvalue weighted by molar-refractivity contribution is 5.92. The van der Waals surface area contributed by atoms with Crippen molar-refractivity contribution in [3.05, 3.63) is 59.2 Å². The molecule has 1 N–H and O–H groups in total. The standard InChI is InChI=1S/C18H20O2/c1-3-6-16-15(7-5-8-17(16)18(19)20)14-11-9-13(4-2)10-12-14/h5,7-12H,3-4,6H2,1-2H3,(H,19,20). The Bertz CT molecular complexity index is 597. The summed E-state index contributed by atoms with van der Waals surface area (Å²) >= 11 is 0. The summed E-state index contributed by atoms with van der Waals surface area (Å²) < 4.78 is 0. The van der Waals surface area contributed by atoms with Gasteiger partial charge in [-0.2, -0.15) is 0 Å². The molecule has 104 valence electrons. The Labute approximate surface area is 120 Å². The Morgan fingerprint density at radius 1 is 1.05 bits per heavy atom. The topological polar surface area (TPSA) is 37.3 Å². The Morgan fingerprint density at radius 3 is 2.30 bits per heavy atom. The van der Waals surface area contributed by atoms with Gasteiger partial charge in [-0.25, -0.2) is 4.79 Å². The molecule has 2 rings (SSSR count). The van der Waals surface area contributed by atoms with Gasteiger partial charge in [-0.3, -0.25) is 0 Å². The fraction of sp³-hybridized carbons (Fsp3) is 0.278. The molecule has 0 fully saturated rings. The van der Waals surface area contributed by atoms with Crippen LogP contribution in [0.3, 0.4) is 0 Å². The number of aryl methyl sites for hydroxylation is 1. The van der Waals surface area contributed by atoms with Crippen LogP contribution < -0.4 is 0 Å². The predicted molar refractivity (Wildman–Crippen MR) is 82.2 cm³/mol. The molecule has 2 nitrogen and oxygen atoms in total. The zero-order chi connectivity index (χ0) is 14.5. The minimum absolute atomic E-state index is 0.420. The molecule has 0 aliphatic carbocycles. The fourth-order valence-electron chi connectivity index (χ4n) is 2.50. The van der Waals surface area contributed by atoms with Crippen LogP contribution in [0.2, 0.25) is 0 Å². The average molecular weight is 268 g/mol. The van der Waals surface area contributed by atoms with Crippen molar-refractivity contribution >= 4 is 5.97 Å². The second kappa shape index (κ2) is 6.38. The van der Waals surface area contributed by atoms with Gasteiger partial charge in [-0.15, -0.1) is 0 Å². The van der Waals surface area contributed by atoms with E-state index in [4.69, 9.17) is 0 Å². The molecular formula is C18H20O2.